The molecule has 4 rings (SSSR count). The fraction of sp³-hybridized carbons (Fsp3) is 0.316. The van der Waals surface area contributed by atoms with Gasteiger partial charge in [0.1, 0.15) is 24.7 Å². The summed E-state index contributed by atoms with van der Waals surface area (Å²) >= 11 is 7.57. The van der Waals surface area contributed by atoms with E-state index in [9.17, 15) is 4.79 Å². The van der Waals surface area contributed by atoms with Crippen molar-refractivity contribution in [2.24, 2.45) is 0 Å². The van der Waals surface area contributed by atoms with E-state index in [4.69, 9.17) is 30.5 Å². The van der Waals surface area contributed by atoms with Gasteiger partial charge in [0, 0.05) is 19.2 Å². The van der Waals surface area contributed by atoms with Crippen molar-refractivity contribution in [1.82, 2.24) is 9.97 Å². The summed E-state index contributed by atoms with van der Waals surface area (Å²) in [6.45, 7) is 2.99. The Kier molecular flexibility index (Phi) is 5.44. The van der Waals surface area contributed by atoms with E-state index in [1.165, 1.54) is 18.4 Å². The largest absolute Gasteiger partial charge is 0.486 e. The van der Waals surface area contributed by atoms with E-state index in [2.05, 4.69) is 15.3 Å². The topological polar surface area (TPSA) is 91.8 Å². The van der Waals surface area contributed by atoms with Gasteiger partial charge in [0.25, 0.3) is 5.91 Å². The van der Waals surface area contributed by atoms with Gasteiger partial charge in [-0.15, -0.1) is 11.3 Å². The minimum absolute atomic E-state index is 0.248. The van der Waals surface area contributed by atoms with Crippen molar-refractivity contribution in [2.75, 3.05) is 32.8 Å². The number of carbonyl (C=O) groups excluding carboxylic acids is 1. The third-order valence-electron chi connectivity index (χ3n) is 4.36. The van der Waals surface area contributed by atoms with Gasteiger partial charge in [-0.2, -0.15) is 4.98 Å². The highest BCUT2D eigenvalue weighted by Gasteiger charge is 2.23. The molecule has 0 saturated heterocycles. The maximum absolute atomic E-state index is 13.0. The molecule has 3 aromatic rings. The van der Waals surface area contributed by atoms with Crippen molar-refractivity contribution in [1.29, 1.82) is 0 Å². The van der Waals surface area contributed by atoms with E-state index in [-0.39, 0.29) is 12.5 Å². The number of aryl methyl sites for hydroxylation is 1. The number of ether oxygens (including phenoxy) is 4. The average molecular weight is 436 g/mol. The second-order valence-electron chi connectivity index (χ2n) is 6.25. The summed E-state index contributed by atoms with van der Waals surface area (Å²) in [5.41, 5.74) is 1.17. The smallest absolute Gasteiger partial charge is 0.266 e. The van der Waals surface area contributed by atoms with Crippen LogP contribution in [0.1, 0.15) is 21.1 Å². The SMILES string of the molecule is COCc1nc(OC)c2c(C)c(C(=O)Nc3cc4c(cc3Cl)OCCO4)sc2n1. The lowest BCUT2D eigenvalue weighted by Crippen LogP contribution is -2.16. The Morgan fingerprint density at radius 2 is 1.97 bits per heavy atom. The van der Waals surface area contributed by atoms with Gasteiger partial charge in [-0.1, -0.05) is 11.6 Å². The van der Waals surface area contributed by atoms with Crippen molar-refractivity contribution in [3.8, 4) is 17.4 Å². The zero-order valence-electron chi connectivity index (χ0n) is 16.0. The number of carbonyl (C=O) groups is 1. The molecule has 3 heterocycles. The number of halogens is 1. The van der Waals surface area contributed by atoms with Gasteiger partial charge in [-0.25, -0.2) is 4.98 Å². The Hall–Kier alpha value is -2.62. The number of hydrogen-bond acceptors (Lipinski definition) is 8. The van der Waals surface area contributed by atoms with E-state index in [1.807, 2.05) is 6.92 Å². The van der Waals surface area contributed by atoms with Crippen LogP contribution in [0.2, 0.25) is 5.02 Å². The molecule has 8 nitrogen and oxygen atoms in total. The lowest BCUT2D eigenvalue weighted by Gasteiger charge is -2.20. The van der Waals surface area contributed by atoms with Crippen LogP contribution in [0.25, 0.3) is 10.2 Å². The monoisotopic (exact) mass is 435 g/mol. The van der Waals surface area contributed by atoms with Gasteiger partial charge in [-0.3, -0.25) is 4.79 Å². The predicted molar refractivity (Wildman–Crippen MR) is 110 cm³/mol. The third-order valence-corrected chi connectivity index (χ3v) is 5.85. The molecule has 1 amide bonds. The summed E-state index contributed by atoms with van der Waals surface area (Å²) in [6, 6.07) is 3.30. The van der Waals surface area contributed by atoms with E-state index in [0.717, 1.165) is 5.56 Å². The van der Waals surface area contributed by atoms with Crippen LogP contribution < -0.4 is 19.5 Å². The molecule has 1 aliphatic rings. The normalized spacial score (nSPS) is 12.8. The number of aromatic nitrogens is 2. The molecule has 0 unspecified atom stereocenters. The highest BCUT2D eigenvalue weighted by Crippen LogP contribution is 2.39. The Labute approximate surface area is 175 Å². The zero-order valence-corrected chi connectivity index (χ0v) is 17.6. The lowest BCUT2D eigenvalue weighted by molar-refractivity contribution is 0.103. The summed E-state index contributed by atoms with van der Waals surface area (Å²) in [6.07, 6.45) is 0. The molecule has 1 N–H and O–H groups in total. The van der Waals surface area contributed by atoms with Crippen LogP contribution in [-0.2, 0) is 11.3 Å². The van der Waals surface area contributed by atoms with Gasteiger partial charge >= 0.3 is 0 Å². The van der Waals surface area contributed by atoms with E-state index in [0.29, 0.717) is 62.2 Å². The number of amides is 1. The number of hydrogen-bond donors (Lipinski definition) is 1. The van der Waals surface area contributed by atoms with E-state index in [1.54, 1.807) is 19.2 Å². The second kappa shape index (κ2) is 8.02. The summed E-state index contributed by atoms with van der Waals surface area (Å²) < 4.78 is 21.6. The number of rotatable bonds is 5. The van der Waals surface area contributed by atoms with E-state index < -0.39 is 0 Å². The minimum Gasteiger partial charge on any atom is -0.486 e. The Morgan fingerprint density at radius 3 is 2.66 bits per heavy atom. The van der Waals surface area contributed by atoms with Crippen LogP contribution in [0.5, 0.6) is 17.4 Å². The lowest BCUT2D eigenvalue weighted by atomic mass is 10.2. The van der Waals surface area contributed by atoms with Crippen LogP contribution in [0.3, 0.4) is 0 Å². The van der Waals surface area contributed by atoms with E-state index >= 15 is 0 Å². The Bertz CT molecular complexity index is 1100. The molecule has 29 heavy (non-hydrogen) atoms. The molecule has 0 fully saturated rings. The molecule has 2 aromatic heterocycles. The van der Waals surface area contributed by atoms with Crippen molar-refractivity contribution in [3.63, 3.8) is 0 Å². The second-order valence-corrected chi connectivity index (χ2v) is 7.65. The maximum atomic E-state index is 13.0. The maximum Gasteiger partial charge on any atom is 0.266 e. The molecule has 0 radical (unpaired) electrons. The standard InChI is InChI=1S/C19H18ClN3O5S/c1-9-15-18(26-3)22-14(8-25-2)23-19(15)29-16(9)17(24)21-11-7-13-12(6-10(11)20)27-4-5-28-13/h6-7H,4-5,8H2,1-3H3,(H,21,24). The fourth-order valence-electron chi connectivity index (χ4n) is 3.04. The number of nitrogens with one attached hydrogen (secondary N) is 1. The molecule has 0 aliphatic carbocycles. The fourth-order valence-corrected chi connectivity index (χ4v) is 4.33. The van der Waals surface area contributed by atoms with Crippen LogP contribution >= 0.6 is 22.9 Å². The minimum atomic E-state index is -0.306. The van der Waals surface area contributed by atoms with Crippen LogP contribution in [-0.4, -0.2) is 43.3 Å². The summed E-state index contributed by atoms with van der Waals surface area (Å²) in [5.74, 6) is 1.69. The van der Waals surface area contributed by atoms with Crippen molar-refractivity contribution in [2.45, 2.75) is 13.5 Å². The zero-order chi connectivity index (χ0) is 20.5. The molecular weight excluding hydrogens is 418 g/mol. The summed E-state index contributed by atoms with van der Waals surface area (Å²) in [4.78, 5) is 23.0. The molecule has 1 aliphatic heterocycles. The first kappa shape index (κ1) is 19.7. The first-order chi connectivity index (χ1) is 14.0. The third kappa shape index (κ3) is 3.68. The number of methoxy groups -OCH3 is 2. The molecule has 152 valence electrons. The number of anilines is 1. The number of thiophene rings is 1. The van der Waals surface area contributed by atoms with Crippen LogP contribution in [0, 0.1) is 6.92 Å². The average Bonchev–Trinajstić information content (AvgIpc) is 3.05. The summed E-state index contributed by atoms with van der Waals surface area (Å²) in [5, 5.41) is 3.91. The highest BCUT2D eigenvalue weighted by molar-refractivity contribution is 7.20. The van der Waals surface area contributed by atoms with Gasteiger partial charge in [0.2, 0.25) is 5.88 Å². The molecule has 1 aromatic carbocycles. The highest BCUT2D eigenvalue weighted by atomic mass is 35.5. The molecule has 0 bridgehead atoms. The van der Waals surface area contributed by atoms with Crippen LogP contribution in [0.15, 0.2) is 12.1 Å². The predicted octanol–water partition coefficient (Wildman–Crippen LogP) is 3.83. The summed E-state index contributed by atoms with van der Waals surface area (Å²) in [7, 11) is 3.10. The first-order valence-corrected chi connectivity index (χ1v) is 9.94. The van der Waals surface area contributed by atoms with Crippen molar-refractivity contribution < 1.29 is 23.7 Å². The molecule has 10 heteroatoms. The van der Waals surface area contributed by atoms with Gasteiger partial charge in [-0.05, 0) is 12.5 Å². The molecular formula is C19H18ClN3O5S. The Morgan fingerprint density at radius 1 is 1.24 bits per heavy atom. The van der Waals surface area contributed by atoms with Crippen LogP contribution in [0.4, 0.5) is 5.69 Å². The first-order valence-electron chi connectivity index (χ1n) is 8.75. The molecule has 0 spiro atoms. The number of nitrogens with zero attached hydrogens (tertiary/aromatic N) is 2. The van der Waals surface area contributed by atoms with Gasteiger partial charge in [0.05, 0.1) is 28.1 Å². The molecule has 0 atom stereocenters. The van der Waals surface area contributed by atoms with Crippen molar-refractivity contribution >= 4 is 44.7 Å². The number of benzene rings is 1. The van der Waals surface area contributed by atoms with Crippen molar-refractivity contribution in [3.05, 3.63) is 33.4 Å². The molecule has 0 saturated carbocycles. The number of fused-ring (bicyclic) bond motifs is 2. The van der Waals surface area contributed by atoms with Gasteiger partial charge < -0.3 is 24.3 Å². The quantitative estimate of drug-likeness (QED) is 0.651. The Balaban J connectivity index is 1.69. The van der Waals surface area contributed by atoms with Gasteiger partial charge in [0.15, 0.2) is 17.3 Å².